The van der Waals surface area contributed by atoms with Crippen LogP contribution < -0.4 is 5.32 Å². The Kier molecular flexibility index (Phi) is 7.89. The Balaban J connectivity index is 2.47. The summed E-state index contributed by atoms with van der Waals surface area (Å²) in [5.41, 5.74) is 1.02. The van der Waals surface area contributed by atoms with Crippen LogP contribution in [0.1, 0.15) is 12.0 Å². The number of urea groups is 1. The van der Waals surface area contributed by atoms with Crippen LogP contribution in [0.5, 0.6) is 0 Å². The Hall–Kier alpha value is -2.08. The van der Waals surface area contributed by atoms with Crippen LogP contribution in [-0.4, -0.2) is 50.8 Å². The summed E-state index contributed by atoms with van der Waals surface area (Å²) in [4.78, 5) is 24.9. The molecule has 0 aromatic heterocycles. The van der Waals surface area contributed by atoms with Crippen LogP contribution >= 0.6 is 0 Å². The number of amides is 2. The van der Waals surface area contributed by atoms with Gasteiger partial charge in [-0.2, -0.15) is 0 Å². The van der Waals surface area contributed by atoms with Gasteiger partial charge in [0.25, 0.3) is 0 Å². The van der Waals surface area contributed by atoms with E-state index in [1.807, 2.05) is 30.3 Å². The van der Waals surface area contributed by atoms with E-state index in [9.17, 15) is 9.59 Å². The summed E-state index contributed by atoms with van der Waals surface area (Å²) >= 11 is 0. The van der Waals surface area contributed by atoms with Crippen LogP contribution in [0.15, 0.2) is 30.3 Å². The third-order valence-corrected chi connectivity index (χ3v) is 2.95. The first kappa shape index (κ1) is 17.0. The molecule has 21 heavy (non-hydrogen) atoms. The van der Waals surface area contributed by atoms with Gasteiger partial charge in [0, 0.05) is 26.7 Å². The van der Waals surface area contributed by atoms with Crippen LogP contribution in [0.4, 0.5) is 4.79 Å². The van der Waals surface area contributed by atoms with Crippen molar-refractivity contribution in [3.8, 4) is 0 Å². The Morgan fingerprint density at radius 1 is 1.14 bits per heavy atom. The monoisotopic (exact) mass is 294 g/mol. The number of hydrogen-bond donors (Lipinski definition) is 1. The summed E-state index contributed by atoms with van der Waals surface area (Å²) < 4.78 is 9.57. The summed E-state index contributed by atoms with van der Waals surface area (Å²) in [6.07, 6.45) is 0.166. The van der Waals surface area contributed by atoms with Gasteiger partial charge in [-0.25, -0.2) is 4.79 Å². The lowest BCUT2D eigenvalue weighted by Gasteiger charge is -2.22. The summed E-state index contributed by atoms with van der Waals surface area (Å²) in [5, 5.41) is 2.83. The largest absolute Gasteiger partial charge is 0.469 e. The van der Waals surface area contributed by atoms with Gasteiger partial charge in [-0.05, 0) is 5.56 Å². The van der Waals surface area contributed by atoms with E-state index >= 15 is 0 Å². The second-order valence-electron chi connectivity index (χ2n) is 4.45. The van der Waals surface area contributed by atoms with Crippen LogP contribution in [0, 0.1) is 0 Å². The maximum atomic E-state index is 12.1. The molecule has 0 aliphatic heterocycles. The van der Waals surface area contributed by atoms with Crippen molar-refractivity contribution in [3.63, 3.8) is 0 Å². The average Bonchev–Trinajstić information content (AvgIpc) is 2.53. The molecule has 0 spiro atoms. The molecular formula is C15H22N2O4. The number of esters is 1. The number of nitrogens with one attached hydrogen (secondary N) is 1. The van der Waals surface area contributed by atoms with Gasteiger partial charge in [-0.1, -0.05) is 30.3 Å². The van der Waals surface area contributed by atoms with E-state index in [-0.39, 0.29) is 18.4 Å². The highest BCUT2D eigenvalue weighted by molar-refractivity contribution is 5.75. The van der Waals surface area contributed by atoms with Crippen LogP contribution in [0.2, 0.25) is 0 Å². The van der Waals surface area contributed by atoms with Gasteiger partial charge in [0.15, 0.2) is 0 Å². The van der Waals surface area contributed by atoms with E-state index < -0.39 is 0 Å². The zero-order valence-corrected chi connectivity index (χ0v) is 12.5. The average molecular weight is 294 g/mol. The van der Waals surface area contributed by atoms with E-state index in [2.05, 4.69) is 10.1 Å². The lowest BCUT2D eigenvalue weighted by Crippen LogP contribution is -2.42. The molecule has 0 saturated carbocycles. The maximum absolute atomic E-state index is 12.1. The highest BCUT2D eigenvalue weighted by Crippen LogP contribution is 2.00. The fourth-order valence-corrected chi connectivity index (χ4v) is 1.73. The third-order valence-electron chi connectivity index (χ3n) is 2.95. The first-order valence-electron chi connectivity index (χ1n) is 6.79. The molecule has 0 aliphatic carbocycles. The fraction of sp³-hybridized carbons (Fsp3) is 0.467. The van der Waals surface area contributed by atoms with E-state index in [1.165, 1.54) is 7.11 Å². The zero-order valence-electron chi connectivity index (χ0n) is 12.5. The summed E-state index contributed by atoms with van der Waals surface area (Å²) in [6.45, 7) is 1.59. The van der Waals surface area contributed by atoms with E-state index in [0.29, 0.717) is 26.2 Å². The van der Waals surface area contributed by atoms with Gasteiger partial charge in [-0.15, -0.1) is 0 Å². The van der Waals surface area contributed by atoms with Crippen molar-refractivity contribution in [1.82, 2.24) is 10.2 Å². The minimum absolute atomic E-state index is 0.166. The van der Waals surface area contributed by atoms with Crippen molar-refractivity contribution in [3.05, 3.63) is 35.9 Å². The predicted molar refractivity (Wildman–Crippen MR) is 78.8 cm³/mol. The van der Waals surface area contributed by atoms with Gasteiger partial charge in [0.05, 0.1) is 20.1 Å². The molecule has 1 rings (SSSR count). The number of methoxy groups -OCH3 is 2. The topological polar surface area (TPSA) is 67.9 Å². The molecule has 0 heterocycles. The minimum atomic E-state index is -0.340. The summed E-state index contributed by atoms with van der Waals surface area (Å²) in [5.74, 6) is -0.340. The predicted octanol–water partition coefficient (Wildman–Crippen LogP) is 1.41. The van der Waals surface area contributed by atoms with Crippen molar-refractivity contribution in [2.45, 2.75) is 13.0 Å². The number of carbonyl (C=O) groups is 2. The van der Waals surface area contributed by atoms with E-state index in [0.717, 1.165) is 5.56 Å². The molecule has 0 aliphatic rings. The molecule has 1 N–H and O–H groups in total. The first-order chi connectivity index (χ1) is 10.2. The molecular weight excluding hydrogens is 272 g/mol. The molecule has 6 nitrogen and oxygen atoms in total. The molecule has 1 aromatic rings. The number of benzene rings is 1. The molecule has 0 fully saturated rings. The fourth-order valence-electron chi connectivity index (χ4n) is 1.73. The SMILES string of the molecule is COCCN(CCC(=O)OC)C(=O)NCc1ccccc1. The van der Waals surface area contributed by atoms with Crippen molar-refractivity contribution >= 4 is 12.0 Å². The molecule has 1 aromatic carbocycles. The standard InChI is InChI=1S/C15H22N2O4/c1-20-11-10-17(9-8-14(18)21-2)15(19)16-12-13-6-4-3-5-7-13/h3-7H,8-12H2,1-2H3,(H,16,19). The highest BCUT2D eigenvalue weighted by Gasteiger charge is 2.14. The minimum Gasteiger partial charge on any atom is -0.469 e. The second kappa shape index (κ2) is 9.77. The summed E-state index contributed by atoms with van der Waals surface area (Å²) in [7, 11) is 2.90. The highest BCUT2D eigenvalue weighted by atomic mass is 16.5. The molecule has 2 amide bonds. The number of nitrogens with zero attached hydrogens (tertiary/aromatic N) is 1. The van der Waals surface area contributed by atoms with Crippen LogP contribution in [-0.2, 0) is 20.8 Å². The molecule has 116 valence electrons. The van der Waals surface area contributed by atoms with Gasteiger partial charge in [0.1, 0.15) is 0 Å². The number of ether oxygens (including phenoxy) is 2. The Morgan fingerprint density at radius 2 is 1.86 bits per heavy atom. The second-order valence-corrected chi connectivity index (χ2v) is 4.45. The zero-order chi connectivity index (χ0) is 15.5. The molecule has 0 unspecified atom stereocenters. The van der Waals surface area contributed by atoms with Gasteiger partial charge in [-0.3, -0.25) is 4.79 Å². The Bertz CT molecular complexity index is 437. The number of hydrogen-bond acceptors (Lipinski definition) is 4. The number of rotatable bonds is 8. The first-order valence-corrected chi connectivity index (χ1v) is 6.79. The molecule has 0 bridgehead atoms. The molecule has 0 radical (unpaired) electrons. The lowest BCUT2D eigenvalue weighted by atomic mass is 10.2. The van der Waals surface area contributed by atoms with Crippen molar-refractivity contribution < 1.29 is 19.1 Å². The number of carbonyl (C=O) groups excluding carboxylic acids is 2. The third kappa shape index (κ3) is 6.76. The smallest absolute Gasteiger partial charge is 0.317 e. The normalized spacial score (nSPS) is 10.0. The maximum Gasteiger partial charge on any atom is 0.317 e. The van der Waals surface area contributed by atoms with Crippen LogP contribution in [0.3, 0.4) is 0 Å². The quantitative estimate of drug-likeness (QED) is 0.736. The summed E-state index contributed by atoms with van der Waals surface area (Å²) in [6, 6.07) is 9.41. The Labute approximate surface area is 125 Å². The molecule has 0 saturated heterocycles. The van der Waals surface area contributed by atoms with E-state index in [1.54, 1.807) is 12.0 Å². The van der Waals surface area contributed by atoms with Crippen molar-refractivity contribution in [1.29, 1.82) is 0 Å². The van der Waals surface area contributed by atoms with Crippen molar-refractivity contribution in [2.24, 2.45) is 0 Å². The van der Waals surface area contributed by atoms with Crippen LogP contribution in [0.25, 0.3) is 0 Å². The van der Waals surface area contributed by atoms with E-state index in [4.69, 9.17) is 4.74 Å². The Morgan fingerprint density at radius 3 is 2.48 bits per heavy atom. The van der Waals surface area contributed by atoms with Gasteiger partial charge < -0.3 is 19.7 Å². The van der Waals surface area contributed by atoms with Crippen molar-refractivity contribution in [2.75, 3.05) is 33.9 Å². The van der Waals surface area contributed by atoms with Gasteiger partial charge >= 0.3 is 12.0 Å². The lowest BCUT2D eigenvalue weighted by molar-refractivity contribution is -0.140. The molecule has 0 atom stereocenters. The molecule has 6 heteroatoms. The van der Waals surface area contributed by atoms with Gasteiger partial charge in [0.2, 0.25) is 0 Å².